The fourth-order valence-electron chi connectivity index (χ4n) is 2.72. The number of amides is 1. The van der Waals surface area contributed by atoms with E-state index in [1.54, 1.807) is 0 Å². The van der Waals surface area contributed by atoms with Gasteiger partial charge >= 0.3 is 0 Å². The predicted octanol–water partition coefficient (Wildman–Crippen LogP) is 1.38. The van der Waals surface area contributed by atoms with Gasteiger partial charge in [-0.3, -0.25) is 4.79 Å². The molecule has 0 saturated heterocycles. The Morgan fingerprint density at radius 1 is 1.37 bits per heavy atom. The summed E-state index contributed by atoms with van der Waals surface area (Å²) in [7, 11) is 1.87. The Kier molecular flexibility index (Phi) is 2.80. The molecule has 0 radical (unpaired) electrons. The monoisotopic (exact) mass is 261 g/mol. The number of nitrogens with zero attached hydrogens (tertiary/aromatic N) is 3. The van der Waals surface area contributed by atoms with Gasteiger partial charge in [-0.05, 0) is 25.7 Å². The van der Waals surface area contributed by atoms with Crippen molar-refractivity contribution < 1.29 is 4.79 Å². The maximum Gasteiger partial charge on any atom is 0.244 e. The second-order valence-corrected chi connectivity index (χ2v) is 5.65. The van der Waals surface area contributed by atoms with E-state index in [0.717, 1.165) is 23.1 Å². The van der Waals surface area contributed by atoms with E-state index in [9.17, 15) is 4.79 Å². The van der Waals surface area contributed by atoms with Crippen molar-refractivity contribution >= 4 is 23.4 Å². The average Bonchev–Trinajstić information content (AvgIpc) is 2.29. The number of aryl methyl sites for hydroxylation is 1. The highest BCUT2D eigenvalue weighted by molar-refractivity contribution is 6.00. The normalized spacial score (nSPS) is 25.4. The molecule has 0 unspecified atom stereocenters. The van der Waals surface area contributed by atoms with Crippen LogP contribution in [-0.4, -0.2) is 35.5 Å². The highest BCUT2D eigenvalue weighted by Crippen LogP contribution is 2.32. The van der Waals surface area contributed by atoms with Gasteiger partial charge in [0.05, 0.1) is 12.2 Å². The molecule has 0 aromatic carbocycles. The summed E-state index contributed by atoms with van der Waals surface area (Å²) >= 11 is 0. The topological polar surface area (TPSA) is 70.1 Å². The van der Waals surface area contributed by atoms with Gasteiger partial charge in [0.2, 0.25) is 11.9 Å². The van der Waals surface area contributed by atoms with Crippen LogP contribution in [-0.2, 0) is 4.79 Å². The molecule has 3 rings (SSSR count). The van der Waals surface area contributed by atoms with Gasteiger partial charge in [-0.1, -0.05) is 6.92 Å². The van der Waals surface area contributed by atoms with E-state index in [0.29, 0.717) is 18.5 Å². The van der Waals surface area contributed by atoms with Gasteiger partial charge in [0.25, 0.3) is 0 Å². The molecule has 1 aliphatic heterocycles. The molecular weight excluding hydrogens is 242 g/mol. The maximum atomic E-state index is 11.5. The minimum atomic E-state index is -0.0183. The molecule has 102 valence electrons. The van der Waals surface area contributed by atoms with E-state index in [1.165, 1.54) is 12.8 Å². The first kappa shape index (κ1) is 12.2. The van der Waals surface area contributed by atoms with Gasteiger partial charge in [-0.15, -0.1) is 0 Å². The Morgan fingerprint density at radius 2 is 2.11 bits per heavy atom. The first-order valence-corrected chi connectivity index (χ1v) is 6.69. The molecule has 0 spiro atoms. The number of carbonyl (C=O) groups is 1. The highest BCUT2D eigenvalue weighted by Gasteiger charge is 2.28. The molecule has 19 heavy (non-hydrogen) atoms. The van der Waals surface area contributed by atoms with Gasteiger partial charge < -0.3 is 15.5 Å². The van der Waals surface area contributed by atoms with Crippen LogP contribution in [0.15, 0.2) is 0 Å². The fourth-order valence-corrected chi connectivity index (χ4v) is 2.72. The van der Waals surface area contributed by atoms with Crippen LogP contribution in [0.3, 0.4) is 0 Å². The molecule has 6 nitrogen and oxygen atoms in total. The standard InChI is InChI=1S/C13H19N5O/c1-7-4-9(5-7)15-13-14-8(2)11-12(17-13)18(3)6-10(19)16-11/h7,9H,4-6H2,1-3H3,(H,16,19)(H,14,15,17). The van der Waals surface area contributed by atoms with E-state index in [2.05, 4.69) is 27.5 Å². The SMILES string of the molecule is Cc1nc(NC2CC(C)C2)nc2c1NC(=O)CN2C. The van der Waals surface area contributed by atoms with E-state index in [4.69, 9.17) is 0 Å². The highest BCUT2D eigenvalue weighted by atomic mass is 16.2. The number of nitrogens with one attached hydrogen (secondary N) is 2. The number of fused-ring (bicyclic) bond motifs is 1. The van der Waals surface area contributed by atoms with E-state index < -0.39 is 0 Å². The quantitative estimate of drug-likeness (QED) is 0.841. The van der Waals surface area contributed by atoms with Crippen LogP contribution in [0, 0.1) is 12.8 Å². The minimum Gasteiger partial charge on any atom is -0.351 e. The van der Waals surface area contributed by atoms with Crippen molar-refractivity contribution in [2.45, 2.75) is 32.7 Å². The van der Waals surface area contributed by atoms with Crippen molar-refractivity contribution in [3.63, 3.8) is 0 Å². The lowest BCUT2D eigenvalue weighted by molar-refractivity contribution is -0.115. The third-order valence-corrected chi connectivity index (χ3v) is 3.78. The van der Waals surface area contributed by atoms with Crippen LogP contribution in [0.4, 0.5) is 17.5 Å². The van der Waals surface area contributed by atoms with Gasteiger partial charge in [0.15, 0.2) is 5.82 Å². The number of rotatable bonds is 2. The summed E-state index contributed by atoms with van der Waals surface area (Å²) in [6.45, 7) is 4.48. The van der Waals surface area contributed by atoms with Gasteiger partial charge in [-0.2, -0.15) is 4.98 Å². The average molecular weight is 261 g/mol. The molecule has 1 saturated carbocycles. The van der Waals surface area contributed by atoms with Crippen LogP contribution in [0.1, 0.15) is 25.5 Å². The zero-order valence-electron chi connectivity index (χ0n) is 11.5. The number of aromatic nitrogens is 2. The largest absolute Gasteiger partial charge is 0.351 e. The van der Waals surface area contributed by atoms with E-state index >= 15 is 0 Å². The Morgan fingerprint density at radius 3 is 2.79 bits per heavy atom. The van der Waals surface area contributed by atoms with Crippen molar-refractivity contribution in [3.05, 3.63) is 5.69 Å². The van der Waals surface area contributed by atoms with Crippen molar-refractivity contribution in [1.82, 2.24) is 9.97 Å². The summed E-state index contributed by atoms with van der Waals surface area (Å²) < 4.78 is 0. The lowest BCUT2D eigenvalue weighted by atomic mass is 9.82. The molecule has 1 fully saturated rings. The lowest BCUT2D eigenvalue weighted by Gasteiger charge is -2.34. The second kappa shape index (κ2) is 4.36. The Labute approximate surface area is 112 Å². The first-order chi connectivity index (χ1) is 9.02. The van der Waals surface area contributed by atoms with Crippen molar-refractivity contribution in [1.29, 1.82) is 0 Å². The molecule has 6 heteroatoms. The third-order valence-electron chi connectivity index (χ3n) is 3.78. The number of anilines is 3. The molecule has 1 aliphatic carbocycles. The Balaban J connectivity index is 1.86. The zero-order valence-corrected chi connectivity index (χ0v) is 11.5. The molecule has 2 N–H and O–H groups in total. The Hall–Kier alpha value is -1.85. The van der Waals surface area contributed by atoms with Crippen molar-refractivity contribution in [2.75, 3.05) is 29.1 Å². The van der Waals surface area contributed by atoms with Crippen molar-refractivity contribution in [2.24, 2.45) is 5.92 Å². The summed E-state index contributed by atoms with van der Waals surface area (Å²) in [5.74, 6) is 2.23. The molecule has 0 bridgehead atoms. The number of likely N-dealkylation sites (N-methyl/N-ethyl adjacent to an activating group) is 1. The van der Waals surface area contributed by atoms with E-state index in [-0.39, 0.29) is 5.91 Å². The fraction of sp³-hybridized carbons (Fsp3) is 0.615. The summed E-state index contributed by atoms with van der Waals surface area (Å²) in [6.07, 6.45) is 2.35. The smallest absolute Gasteiger partial charge is 0.244 e. The van der Waals surface area contributed by atoms with Gasteiger partial charge in [-0.25, -0.2) is 4.98 Å². The zero-order chi connectivity index (χ0) is 13.6. The number of hydrogen-bond acceptors (Lipinski definition) is 5. The molecule has 1 aromatic heterocycles. The van der Waals surface area contributed by atoms with Gasteiger partial charge in [0, 0.05) is 13.1 Å². The lowest BCUT2D eigenvalue weighted by Crippen LogP contribution is -2.38. The second-order valence-electron chi connectivity index (χ2n) is 5.65. The minimum absolute atomic E-state index is 0.0183. The first-order valence-electron chi connectivity index (χ1n) is 6.69. The van der Waals surface area contributed by atoms with Crippen LogP contribution in [0.25, 0.3) is 0 Å². The summed E-state index contributed by atoms with van der Waals surface area (Å²) in [4.78, 5) is 22.3. The predicted molar refractivity (Wildman–Crippen MR) is 74.5 cm³/mol. The molecule has 1 aromatic rings. The summed E-state index contributed by atoms with van der Waals surface area (Å²) in [6, 6.07) is 0.482. The summed E-state index contributed by atoms with van der Waals surface area (Å²) in [5, 5.41) is 6.21. The number of hydrogen-bond donors (Lipinski definition) is 2. The molecule has 2 aliphatic rings. The molecule has 2 heterocycles. The van der Waals surface area contributed by atoms with Crippen LogP contribution in [0.2, 0.25) is 0 Å². The molecular formula is C13H19N5O. The number of carbonyl (C=O) groups excluding carboxylic acids is 1. The summed E-state index contributed by atoms with van der Waals surface area (Å²) in [5.41, 5.74) is 1.53. The van der Waals surface area contributed by atoms with Crippen molar-refractivity contribution in [3.8, 4) is 0 Å². The third kappa shape index (κ3) is 2.22. The maximum absolute atomic E-state index is 11.5. The molecule has 1 amide bonds. The Bertz CT molecular complexity index is 524. The molecule has 0 atom stereocenters. The van der Waals surface area contributed by atoms with Crippen LogP contribution in [0.5, 0.6) is 0 Å². The van der Waals surface area contributed by atoms with Crippen LogP contribution < -0.4 is 15.5 Å². The van der Waals surface area contributed by atoms with E-state index in [1.807, 2.05) is 18.9 Å². The van der Waals surface area contributed by atoms with Crippen LogP contribution >= 0.6 is 0 Å². The van der Waals surface area contributed by atoms with Gasteiger partial charge in [0.1, 0.15) is 5.69 Å².